The van der Waals surface area contributed by atoms with E-state index in [9.17, 15) is 18.0 Å². The van der Waals surface area contributed by atoms with Gasteiger partial charge in [-0.3, -0.25) is 9.69 Å². The highest BCUT2D eigenvalue weighted by molar-refractivity contribution is 7.09. The first-order valence-electron chi connectivity index (χ1n) is 9.59. The fourth-order valence-electron chi connectivity index (χ4n) is 3.51. The van der Waals surface area contributed by atoms with E-state index in [2.05, 4.69) is 9.88 Å². The molecular formula is C22H20F3N3OS. The average molecular weight is 431 g/mol. The highest BCUT2D eigenvalue weighted by Gasteiger charge is 2.36. The number of hydrogen-bond acceptors (Lipinski definition) is 4. The van der Waals surface area contributed by atoms with Gasteiger partial charge < -0.3 is 4.90 Å². The Labute approximate surface area is 176 Å². The standard InChI is InChI=1S/C22H20F3N3OS/c23-22(24,25)18-9-5-4-8-17(18)21(29)28-12-10-27(11-13-28)14-20-26-19(15-30-20)16-6-2-1-3-7-16/h1-9,15H,10-14H2. The number of aromatic nitrogens is 1. The van der Waals surface area contributed by atoms with Crippen LogP contribution < -0.4 is 0 Å². The molecule has 1 fully saturated rings. The third-order valence-corrected chi connectivity index (χ3v) is 5.94. The number of amides is 1. The highest BCUT2D eigenvalue weighted by atomic mass is 32.1. The normalized spacial score (nSPS) is 15.4. The van der Waals surface area contributed by atoms with Crippen molar-refractivity contribution in [3.63, 3.8) is 0 Å². The number of nitrogens with zero attached hydrogens (tertiary/aromatic N) is 3. The Kier molecular flexibility index (Phi) is 5.87. The molecule has 156 valence electrons. The second-order valence-electron chi connectivity index (χ2n) is 7.10. The summed E-state index contributed by atoms with van der Waals surface area (Å²) in [5.74, 6) is -0.566. The Morgan fingerprint density at radius 3 is 2.33 bits per heavy atom. The molecule has 0 spiro atoms. The van der Waals surface area contributed by atoms with Crippen LogP contribution in [-0.4, -0.2) is 46.9 Å². The van der Waals surface area contributed by atoms with Gasteiger partial charge in [-0.05, 0) is 12.1 Å². The Hall–Kier alpha value is -2.71. The Bertz CT molecular complexity index is 1010. The Morgan fingerprint density at radius 2 is 1.63 bits per heavy atom. The topological polar surface area (TPSA) is 36.4 Å². The second kappa shape index (κ2) is 8.57. The summed E-state index contributed by atoms with van der Waals surface area (Å²) in [5, 5.41) is 3.01. The number of carbonyl (C=O) groups excluding carboxylic acids is 1. The van der Waals surface area contributed by atoms with Crippen LogP contribution in [-0.2, 0) is 12.7 Å². The summed E-state index contributed by atoms with van der Waals surface area (Å²) in [4.78, 5) is 21.0. The van der Waals surface area contributed by atoms with Gasteiger partial charge in [0.15, 0.2) is 0 Å². The molecule has 1 aliphatic heterocycles. The van der Waals surface area contributed by atoms with Gasteiger partial charge in [-0.15, -0.1) is 11.3 Å². The molecule has 8 heteroatoms. The van der Waals surface area contributed by atoms with Crippen LogP contribution >= 0.6 is 11.3 Å². The number of halogens is 3. The minimum Gasteiger partial charge on any atom is -0.336 e. The van der Waals surface area contributed by atoms with Crippen LogP contribution in [0.15, 0.2) is 60.0 Å². The number of rotatable bonds is 4. The molecule has 1 amide bonds. The molecule has 30 heavy (non-hydrogen) atoms. The fraction of sp³-hybridized carbons (Fsp3) is 0.273. The predicted molar refractivity (Wildman–Crippen MR) is 110 cm³/mol. The lowest BCUT2D eigenvalue weighted by molar-refractivity contribution is -0.138. The first kappa shape index (κ1) is 20.6. The van der Waals surface area contributed by atoms with Crippen molar-refractivity contribution < 1.29 is 18.0 Å². The van der Waals surface area contributed by atoms with Gasteiger partial charge in [-0.2, -0.15) is 13.2 Å². The van der Waals surface area contributed by atoms with Crippen molar-refractivity contribution in [2.24, 2.45) is 0 Å². The van der Waals surface area contributed by atoms with Crippen molar-refractivity contribution in [2.75, 3.05) is 26.2 Å². The number of benzene rings is 2. The molecule has 0 radical (unpaired) electrons. The molecule has 4 rings (SSSR count). The molecule has 0 aliphatic carbocycles. The van der Waals surface area contributed by atoms with Gasteiger partial charge in [0.05, 0.1) is 23.4 Å². The van der Waals surface area contributed by atoms with E-state index in [1.165, 1.54) is 23.1 Å². The highest BCUT2D eigenvalue weighted by Crippen LogP contribution is 2.32. The maximum Gasteiger partial charge on any atom is 0.417 e. The number of carbonyl (C=O) groups is 1. The van der Waals surface area contributed by atoms with Gasteiger partial charge in [0.1, 0.15) is 5.01 Å². The quantitative estimate of drug-likeness (QED) is 0.596. The van der Waals surface area contributed by atoms with Gasteiger partial charge in [-0.1, -0.05) is 42.5 Å². The SMILES string of the molecule is O=C(c1ccccc1C(F)(F)F)N1CCN(Cc2nc(-c3ccccc3)cs2)CC1. The molecule has 0 bridgehead atoms. The summed E-state index contributed by atoms with van der Waals surface area (Å²) in [6.45, 7) is 2.64. The smallest absolute Gasteiger partial charge is 0.336 e. The van der Waals surface area contributed by atoms with Crippen LogP contribution in [0.25, 0.3) is 11.3 Å². The van der Waals surface area contributed by atoms with E-state index < -0.39 is 17.6 Å². The molecule has 0 N–H and O–H groups in total. The van der Waals surface area contributed by atoms with Crippen LogP contribution in [0.5, 0.6) is 0 Å². The molecular weight excluding hydrogens is 411 g/mol. The average Bonchev–Trinajstić information content (AvgIpc) is 3.22. The molecule has 0 atom stereocenters. The number of thiazole rings is 1. The maximum absolute atomic E-state index is 13.2. The van der Waals surface area contributed by atoms with E-state index in [1.807, 2.05) is 35.7 Å². The van der Waals surface area contributed by atoms with Gasteiger partial charge in [0, 0.05) is 37.1 Å². The van der Waals surface area contributed by atoms with E-state index in [1.54, 1.807) is 11.3 Å². The Balaban J connectivity index is 1.37. The summed E-state index contributed by atoms with van der Waals surface area (Å²) >= 11 is 1.59. The first-order valence-corrected chi connectivity index (χ1v) is 10.5. The summed E-state index contributed by atoms with van der Waals surface area (Å²) in [7, 11) is 0. The van der Waals surface area contributed by atoms with Crippen LogP contribution in [0.1, 0.15) is 20.9 Å². The summed E-state index contributed by atoms with van der Waals surface area (Å²) in [5.41, 5.74) is 0.839. The first-order chi connectivity index (χ1) is 14.4. The number of alkyl halides is 3. The van der Waals surface area contributed by atoms with Crippen molar-refractivity contribution >= 4 is 17.2 Å². The minimum absolute atomic E-state index is 0.286. The van der Waals surface area contributed by atoms with Crippen LogP contribution in [0.2, 0.25) is 0 Å². The number of hydrogen-bond donors (Lipinski definition) is 0. The van der Waals surface area contributed by atoms with Gasteiger partial charge in [-0.25, -0.2) is 4.98 Å². The third-order valence-electron chi connectivity index (χ3n) is 5.10. The second-order valence-corrected chi connectivity index (χ2v) is 8.05. The van der Waals surface area contributed by atoms with Gasteiger partial charge >= 0.3 is 6.18 Å². The summed E-state index contributed by atoms with van der Waals surface area (Å²) in [6.07, 6.45) is -4.55. The monoisotopic (exact) mass is 431 g/mol. The van der Waals surface area contributed by atoms with Crippen LogP contribution in [0.4, 0.5) is 13.2 Å². The van der Waals surface area contributed by atoms with E-state index in [4.69, 9.17) is 0 Å². The van der Waals surface area contributed by atoms with Crippen LogP contribution in [0.3, 0.4) is 0 Å². The molecule has 1 aromatic heterocycles. The fourth-order valence-corrected chi connectivity index (χ4v) is 4.36. The van der Waals surface area contributed by atoms with Crippen molar-refractivity contribution in [2.45, 2.75) is 12.7 Å². The lowest BCUT2D eigenvalue weighted by atomic mass is 10.1. The van der Waals surface area contributed by atoms with Crippen molar-refractivity contribution in [3.05, 3.63) is 76.1 Å². The molecule has 3 aromatic rings. The zero-order valence-corrected chi connectivity index (χ0v) is 16.9. The van der Waals surface area contributed by atoms with Crippen molar-refractivity contribution in [1.29, 1.82) is 0 Å². The van der Waals surface area contributed by atoms with Gasteiger partial charge in [0.2, 0.25) is 0 Å². The van der Waals surface area contributed by atoms with E-state index >= 15 is 0 Å². The molecule has 2 heterocycles. The van der Waals surface area contributed by atoms with E-state index in [0.29, 0.717) is 32.7 Å². The summed E-state index contributed by atoms with van der Waals surface area (Å²) in [6, 6.07) is 14.9. The lowest BCUT2D eigenvalue weighted by Crippen LogP contribution is -2.48. The zero-order valence-electron chi connectivity index (χ0n) is 16.1. The minimum atomic E-state index is -4.55. The number of piperazine rings is 1. The molecule has 0 saturated carbocycles. The molecule has 1 saturated heterocycles. The molecule has 0 unspecified atom stereocenters. The van der Waals surface area contributed by atoms with Gasteiger partial charge in [0.25, 0.3) is 5.91 Å². The largest absolute Gasteiger partial charge is 0.417 e. The molecule has 4 nitrogen and oxygen atoms in total. The third kappa shape index (κ3) is 4.55. The zero-order chi connectivity index (χ0) is 21.1. The van der Waals surface area contributed by atoms with E-state index in [-0.39, 0.29) is 5.56 Å². The maximum atomic E-state index is 13.2. The Morgan fingerprint density at radius 1 is 0.967 bits per heavy atom. The molecule has 1 aliphatic rings. The van der Waals surface area contributed by atoms with E-state index in [0.717, 1.165) is 22.3 Å². The molecule has 2 aromatic carbocycles. The van der Waals surface area contributed by atoms with Crippen molar-refractivity contribution in [1.82, 2.24) is 14.8 Å². The summed E-state index contributed by atoms with van der Waals surface area (Å²) < 4.78 is 39.7. The predicted octanol–water partition coefficient (Wildman–Crippen LogP) is 4.79. The van der Waals surface area contributed by atoms with Crippen LogP contribution in [0, 0.1) is 0 Å². The van der Waals surface area contributed by atoms with Crippen molar-refractivity contribution in [3.8, 4) is 11.3 Å². The lowest BCUT2D eigenvalue weighted by Gasteiger charge is -2.34.